The summed E-state index contributed by atoms with van der Waals surface area (Å²) in [6.45, 7) is 9.52. The van der Waals surface area contributed by atoms with Gasteiger partial charge in [-0.15, -0.1) is 0 Å². The average Bonchev–Trinajstić information content (AvgIpc) is 2.67. The maximum absolute atomic E-state index is 5.92. The molecule has 4 atom stereocenters. The van der Waals surface area contributed by atoms with Crippen molar-refractivity contribution in [1.82, 2.24) is 9.80 Å². The van der Waals surface area contributed by atoms with E-state index in [1.54, 1.807) is 0 Å². The van der Waals surface area contributed by atoms with Gasteiger partial charge in [0, 0.05) is 64.1 Å². The van der Waals surface area contributed by atoms with E-state index in [1.807, 2.05) is 14.2 Å². The molecular weight excluding hydrogens is 348 g/mol. The number of nitrogens with zero attached hydrogens (tertiary/aromatic N) is 2. The van der Waals surface area contributed by atoms with Gasteiger partial charge in [0.05, 0.1) is 11.2 Å². The Morgan fingerprint density at radius 3 is 1.14 bits per heavy atom. The van der Waals surface area contributed by atoms with Gasteiger partial charge >= 0.3 is 0 Å². The molecule has 0 radical (unpaired) electrons. The Kier molecular flexibility index (Phi) is 7.50. The molecule has 164 valence electrons. The number of piperidine rings is 2. The fourth-order valence-corrected chi connectivity index (χ4v) is 7.61. The van der Waals surface area contributed by atoms with Crippen molar-refractivity contribution in [2.75, 3.05) is 54.5 Å². The van der Waals surface area contributed by atoms with Gasteiger partial charge in [0.1, 0.15) is 0 Å². The molecule has 2 aliphatic carbocycles. The molecule has 2 saturated carbocycles. The van der Waals surface area contributed by atoms with Crippen molar-refractivity contribution in [2.45, 2.75) is 76.4 Å². The highest BCUT2D eigenvalue weighted by molar-refractivity contribution is 5.02. The largest absolute Gasteiger partial charge is 0.378 e. The molecule has 4 unspecified atom stereocenters. The van der Waals surface area contributed by atoms with Crippen LogP contribution in [-0.4, -0.2) is 75.5 Å². The van der Waals surface area contributed by atoms with Crippen molar-refractivity contribution in [3.63, 3.8) is 0 Å². The number of hydrogen-bond donors (Lipinski definition) is 0. The van der Waals surface area contributed by atoms with Gasteiger partial charge in [-0.2, -0.15) is 0 Å². The van der Waals surface area contributed by atoms with E-state index in [0.717, 1.165) is 23.7 Å². The van der Waals surface area contributed by atoms with E-state index in [9.17, 15) is 0 Å². The fraction of sp³-hybridized carbons (Fsp3) is 1.00. The molecule has 4 rings (SSSR count). The van der Waals surface area contributed by atoms with Crippen molar-refractivity contribution < 1.29 is 9.47 Å². The van der Waals surface area contributed by atoms with Gasteiger partial charge in [-0.05, 0) is 52.6 Å². The van der Waals surface area contributed by atoms with Crippen molar-refractivity contribution in [1.29, 1.82) is 0 Å². The molecule has 0 amide bonds. The number of hydrogen-bond acceptors (Lipinski definition) is 4. The molecule has 4 aliphatic rings. The zero-order valence-electron chi connectivity index (χ0n) is 19.5. The minimum absolute atomic E-state index is 0.213. The maximum Gasteiger partial charge on any atom is 0.0756 e. The van der Waals surface area contributed by atoms with Gasteiger partial charge in [-0.25, -0.2) is 0 Å². The van der Waals surface area contributed by atoms with E-state index < -0.39 is 0 Å². The van der Waals surface area contributed by atoms with Crippen LogP contribution in [0.4, 0.5) is 0 Å². The average molecular weight is 395 g/mol. The summed E-state index contributed by atoms with van der Waals surface area (Å²) < 4.78 is 11.8. The van der Waals surface area contributed by atoms with Gasteiger partial charge < -0.3 is 19.3 Å². The predicted molar refractivity (Wildman–Crippen MR) is 117 cm³/mol. The standard InChI is InChI=1S/2C12H23NO/c2*1-4-12(14-3)10-6-5-7-11(12)9-13(2)8-10/h2*10-11H,4-9H2,1-3H3. The van der Waals surface area contributed by atoms with E-state index in [1.165, 1.54) is 77.5 Å². The molecule has 28 heavy (non-hydrogen) atoms. The second kappa shape index (κ2) is 9.32. The lowest BCUT2D eigenvalue weighted by Gasteiger charge is -2.54. The highest BCUT2D eigenvalue weighted by atomic mass is 16.5. The molecule has 0 aromatic rings. The molecule has 4 nitrogen and oxygen atoms in total. The monoisotopic (exact) mass is 394 g/mol. The van der Waals surface area contributed by atoms with Crippen LogP contribution >= 0.6 is 0 Å². The van der Waals surface area contributed by atoms with Crippen molar-refractivity contribution in [3.05, 3.63) is 0 Å². The van der Waals surface area contributed by atoms with Crippen LogP contribution in [0.15, 0.2) is 0 Å². The Balaban J connectivity index is 0.000000161. The van der Waals surface area contributed by atoms with E-state index in [2.05, 4.69) is 37.7 Å². The Hall–Kier alpha value is -0.160. The summed E-state index contributed by atoms with van der Waals surface area (Å²) >= 11 is 0. The first-order chi connectivity index (χ1) is 13.5. The molecule has 4 fully saturated rings. The number of methoxy groups -OCH3 is 2. The third-order valence-electron chi connectivity index (χ3n) is 8.97. The minimum Gasteiger partial charge on any atom is -0.378 e. The number of ether oxygens (including phenoxy) is 2. The fourth-order valence-electron chi connectivity index (χ4n) is 7.61. The zero-order valence-corrected chi connectivity index (χ0v) is 19.5. The predicted octanol–water partition coefficient (Wildman–Crippen LogP) is 4.29. The minimum atomic E-state index is 0.213. The smallest absolute Gasteiger partial charge is 0.0756 e. The van der Waals surface area contributed by atoms with Crippen molar-refractivity contribution in [2.24, 2.45) is 23.7 Å². The first-order valence-corrected chi connectivity index (χ1v) is 11.9. The van der Waals surface area contributed by atoms with Gasteiger partial charge in [0.2, 0.25) is 0 Å². The lowest BCUT2D eigenvalue weighted by atomic mass is 9.64. The number of rotatable bonds is 4. The first kappa shape index (κ1) is 22.5. The van der Waals surface area contributed by atoms with Crippen LogP contribution in [0.25, 0.3) is 0 Å². The third-order valence-corrected chi connectivity index (χ3v) is 8.97. The van der Waals surface area contributed by atoms with E-state index in [0.29, 0.717) is 0 Å². The van der Waals surface area contributed by atoms with Crippen molar-refractivity contribution >= 4 is 0 Å². The Labute approximate surface area is 174 Å². The second-order valence-electron chi connectivity index (χ2n) is 10.1. The Morgan fingerprint density at radius 2 is 0.929 bits per heavy atom. The lowest BCUT2D eigenvalue weighted by molar-refractivity contribution is -0.159. The van der Waals surface area contributed by atoms with E-state index in [4.69, 9.17) is 9.47 Å². The molecule has 0 spiro atoms. The van der Waals surface area contributed by atoms with Crippen LogP contribution in [-0.2, 0) is 9.47 Å². The van der Waals surface area contributed by atoms with Crippen LogP contribution in [0.1, 0.15) is 65.2 Å². The normalized spacial score (nSPS) is 43.9. The quantitative estimate of drug-likeness (QED) is 0.710. The zero-order chi connectivity index (χ0) is 20.4. The molecule has 4 bridgehead atoms. The summed E-state index contributed by atoms with van der Waals surface area (Å²) in [5.41, 5.74) is 0.426. The highest BCUT2D eigenvalue weighted by Gasteiger charge is 2.51. The summed E-state index contributed by atoms with van der Waals surface area (Å²) in [5, 5.41) is 0. The van der Waals surface area contributed by atoms with Gasteiger partial charge in [-0.1, -0.05) is 26.7 Å². The van der Waals surface area contributed by atoms with E-state index in [-0.39, 0.29) is 11.2 Å². The summed E-state index contributed by atoms with van der Waals surface area (Å²) in [4.78, 5) is 4.98. The highest BCUT2D eigenvalue weighted by Crippen LogP contribution is 2.47. The Morgan fingerprint density at radius 1 is 0.643 bits per heavy atom. The van der Waals surface area contributed by atoms with Gasteiger partial charge in [-0.3, -0.25) is 0 Å². The summed E-state index contributed by atoms with van der Waals surface area (Å²) in [7, 11) is 8.33. The van der Waals surface area contributed by atoms with Crippen LogP contribution in [0.5, 0.6) is 0 Å². The number of fused-ring (bicyclic) bond motifs is 4. The van der Waals surface area contributed by atoms with E-state index >= 15 is 0 Å². The van der Waals surface area contributed by atoms with Crippen LogP contribution < -0.4 is 0 Å². The van der Waals surface area contributed by atoms with Crippen molar-refractivity contribution in [3.8, 4) is 0 Å². The lowest BCUT2D eigenvalue weighted by Crippen LogP contribution is -2.59. The number of likely N-dealkylation sites (tertiary alicyclic amines) is 2. The molecular formula is C24H46N2O2. The van der Waals surface area contributed by atoms with Crippen LogP contribution in [0.2, 0.25) is 0 Å². The molecule has 0 aromatic heterocycles. The summed E-state index contributed by atoms with van der Waals surface area (Å²) in [5.74, 6) is 3.09. The summed E-state index contributed by atoms with van der Waals surface area (Å²) in [6, 6.07) is 0. The maximum atomic E-state index is 5.92. The molecule has 0 aromatic carbocycles. The van der Waals surface area contributed by atoms with Gasteiger partial charge in [0.15, 0.2) is 0 Å². The molecule has 2 saturated heterocycles. The topological polar surface area (TPSA) is 24.9 Å². The van der Waals surface area contributed by atoms with Crippen LogP contribution in [0, 0.1) is 23.7 Å². The first-order valence-electron chi connectivity index (χ1n) is 11.9. The molecule has 2 heterocycles. The molecule has 2 aliphatic heterocycles. The Bertz CT molecular complexity index is 413. The van der Waals surface area contributed by atoms with Gasteiger partial charge in [0.25, 0.3) is 0 Å². The third kappa shape index (κ3) is 3.91. The van der Waals surface area contributed by atoms with Crippen LogP contribution in [0.3, 0.4) is 0 Å². The second-order valence-corrected chi connectivity index (χ2v) is 10.1. The molecule has 4 heteroatoms. The molecule has 0 N–H and O–H groups in total. The summed E-state index contributed by atoms with van der Waals surface area (Å²) in [6.07, 6.45) is 10.7. The SMILES string of the molecule is CCC1(OC)C2CCCC1CN(C)C2.CCC1(OC)C2CCCC1CN(C)C2.